The monoisotopic (exact) mass is 390 g/mol. The SMILES string of the molecule is CCS(=O)(=O)NCCCNS(=O)(=O)c1ccc(Br)s1. The Hall–Kier alpha value is -0.0000000000000000833. The van der Waals surface area contributed by atoms with Crippen LogP contribution in [0.25, 0.3) is 0 Å². The molecule has 0 radical (unpaired) electrons. The molecule has 0 aliphatic carbocycles. The van der Waals surface area contributed by atoms with Crippen molar-refractivity contribution < 1.29 is 16.8 Å². The van der Waals surface area contributed by atoms with Crippen LogP contribution in [-0.2, 0) is 20.0 Å². The number of hydrogen-bond donors (Lipinski definition) is 2. The lowest BCUT2D eigenvalue weighted by Gasteiger charge is -2.06. The van der Waals surface area contributed by atoms with Crippen LogP contribution >= 0.6 is 27.3 Å². The molecular formula is C9H15BrN2O4S3. The van der Waals surface area contributed by atoms with Crippen LogP contribution in [0.1, 0.15) is 13.3 Å². The van der Waals surface area contributed by atoms with Gasteiger partial charge in [0.1, 0.15) is 4.21 Å². The van der Waals surface area contributed by atoms with Crippen LogP contribution in [0.15, 0.2) is 20.1 Å². The minimum absolute atomic E-state index is 0.0158. The Morgan fingerprint density at radius 2 is 1.79 bits per heavy atom. The van der Waals surface area contributed by atoms with Gasteiger partial charge in [-0.15, -0.1) is 11.3 Å². The Balaban J connectivity index is 2.37. The fourth-order valence-corrected chi connectivity index (χ4v) is 4.93. The summed E-state index contributed by atoms with van der Waals surface area (Å²) in [6.07, 6.45) is 0.394. The zero-order valence-electron chi connectivity index (χ0n) is 10.2. The van der Waals surface area contributed by atoms with Gasteiger partial charge in [-0.2, -0.15) is 0 Å². The number of sulfonamides is 2. The van der Waals surface area contributed by atoms with E-state index >= 15 is 0 Å². The molecule has 0 aromatic carbocycles. The molecule has 0 aliphatic heterocycles. The summed E-state index contributed by atoms with van der Waals surface area (Å²) in [5.41, 5.74) is 0. The first kappa shape index (κ1) is 17.1. The maximum absolute atomic E-state index is 11.8. The first-order valence-electron chi connectivity index (χ1n) is 5.49. The molecular weight excluding hydrogens is 376 g/mol. The van der Waals surface area contributed by atoms with E-state index in [1.54, 1.807) is 13.0 Å². The highest BCUT2D eigenvalue weighted by molar-refractivity contribution is 9.11. The van der Waals surface area contributed by atoms with Gasteiger partial charge in [0.2, 0.25) is 20.0 Å². The van der Waals surface area contributed by atoms with Gasteiger partial charge in [0.25, 0.3) is 0 Å². The van der Waals surface area contributed by atoms with Gasteiger partial charge in [0, 0.05) is 13.1 Å². The predicted molar refractivity (Wildman–Crippen MR) is 79.3 cm³/mol. The molecule has 19 heavy (non-hydrogen) atoms. The van der Waals surface area contributed by atoms with Gasteiger partial charge < -0.3 is 0 Å². The average molecular weight is 391 g/mol. The predicted octanol–water partition coefficient (Wildman–Crippen LogP) is 1.12. The van der Waals surface area contributed by atoms with Crippen LogP contribution in [0.2, 0.25) is 0 Å². The maximum atomic E-state index is 11.8. The standard InChI is InChI=1S/C9H15BrN2O4S3/c1-2-18(13,14)11-6-3-7-12-19(15,16)9-5-4-8(10)17-9/h4-5,11-12H,2-3,6-7H2,1H3. The smallest absolute Gasteiger partial charge is 0.215 e. The van der Waals surface area contributed by atoms with Crippen LogP contribution in [0, 0.1) is 0 Å². The van der Waals surface area contributed by atoms with Gasteiger partial charge in [-0.3, -0.25) is 0 Å². The lowest BCUT2D eigenvalue weighted by molar-refractivity contribution is 0.574. The average Bonchev–Trinajstić information content (AvgIpc) is 2.76. The van der Waals surface area contributed by atoms with Crippen molar-refractivity contribution in [1.82, 2.24) is 9.44 Å². The fourth-order valence-electron chi connectivity index (χ4n) is 1.14. The quantitative estimate of drug-likeness (QED) is 0.650. The largest absolute Gasteiger partial charge is 0.250 e. The first-order valence-corrected chi connectivity index (χ1v) is 10.2. The van der Waals surface area contributed by atoms with Gasteiger partial charge in [-0.1, -0.05) is 0 Å². The molecule has 1 aromatic rings. The summed E-state index contributed by atoms with van der Waals surface area (Å²) in [7, 11) is -6.72. The van der Waals surface area contributed by atoms with Crippen molar-refractivity contribution in [2.75, 3.05) is 18.8 Å². The summed E-state index contributed by atoms with van der Waals surface area (Å²) in [5.74, 6) is 0.0158. The van der Waals surface area contributed by atoms with Gasteiger partial charge in [-0.05, 0) is 41.4 Å². The van der Waals surface area contributed by atoms with E-state index in [0.717, 1.165) is 15.1 Å². The van der Waals surface area contributed by atoms with E-state index in [9.17, 15) is 16.8 Å². The lowest BCUT2D eigenvalue weighted by Crippen LogP contribution is -2.30. The summed E-state index contributed by atoms with van der Waals surface area (Å²) in [5, 5.41) is 0. The van der Waals surface area contributed by atoms with Crippen LogP contribution in [0.3, 0.4) is 0 Å². The van der Waals surface area contributed by atoms with E-state index in [1.165, 1.54) is 6.07 Å². The highest BCUT2D eigenvalue weighted by Gasteiger charge is 2.15. The third kappa shape index (κ3) is 5.88. The van der Waals surface area contributed by atoms with E-state index < -0.39 is 20.0 Å². The summed E-state index contributed by atoms with van der Waals surface area (Å²) >= 11 is 4.32. The van der Waals surface area contributed by atoms with Gasteiger partial charge >= 0.3 is 0 Å². The molecule has 0 bridgehead atoms. The molecule has 0 saturated heterocycles. The van der Waals surface area contributed by atoms with Crippen LogP contribution in [0.5, 0.6) is 0 Å². The van der Waals surface area contributed by atoms with Crippen LogP contribution in [-0.4, -0.2) is 35.7 Å². The Morgan fingerprint density at radius 1 is 1.16 bits per heavy atom. The Labute approximate surface area is 125 Å². The number of hydrogen-bond acceptors (Lipinski definition) is 5. The molecule has 0 amide bonds. The number of nitrogens with one attached hydrogen (secondary N) is 2. The molecule has 1 heterocycles. The molecule has 1 rings (SSSR count). The maximum Gasteiger partial charge on any atom is 0.250 e. The van der Waals surface area contributed by atoms with Crippen molar-refractivity contribution >= 4 is 47.3 Å². The minimum atomic E-state index is -3.50. The second-order valence-electron chi connectivity index (χ2n) is 3.61. The van der Waals surface area contributed by atoms with Crippen molar-refractivity contribution in [3.8, 4) is 0 Å². The Kier molecular flexibility index (Phi) is 6.40. The zero-order valence-corrected chi connectivity index (χ0v) is 14.3. The van der Waals surface area contributed by atoms with E-state index in [4.69, 9.17) is 0 Å². The minimum Gasteiger partial charge on any atom is -0.215 e. The van der Waals surface area contributed by atoms with Gasteiger partial charge in [0.05, 0.1) is 9.54 Å². The Morgan fingerprint density at radius 3 is 2.32 bits per heavy atom. The van der Waals surface area contributed by atoms with Crippen LogP contribution in [0.4, 0.5) is 0 Å². The lowest BCUT2D eigenvalue weighted by atomic mass is 10.4. The van der Waals surface area contributed by atoms with E-state index in [0.29, 0.717) is 6.42 Å². The van der Waals surface area contributed by atoms with Crippen molar-refractivity contribution in [1.29, 1.82) is 0 Å². The Bertz CT molecular complexity index is 609. The molecule has 110 valence electrons. The van der Waals surface area contributed by atoms with Crippen molar-refractivity contribution in [3.05, 3.63) is 15.9 Å². The summed E-state index contributed by atoms with van der Waals surface area (Å²) in [4.78, 5) is 0. The van der Waals surface area contributed by atoms with Gasteiger partial charge in [0.15, 0.2) is 0 Å². The molecule has 0 fully saturated rings. The molecule has 0 aliphatic rings. The number of thiophene rings is 1. The van der Waals surface area contributed by atoms with Crippen molar-refractivity contribution in [3.63, 3.8) is 0 Å². The van der Waals surface area contributed by atoms with Gasteiger partial charge in [-0.25, -0.2) is 26.3 Å². The van der Waals surface area contributed by atoms with E-state index in [2.05, 4.69) is 25.4 Å². The summed E-state index contributed by atoms with van der Waals surface area (Å²) in [6.45, 7) is 1.94. The second kappa shape index (κ2) is 7.14. The zero-order chi connectivity index (χ0) is 14.5. The topological polar surface area (TPSA) is 92.3 Å². The second-order valence-corrected chi connectivity index (χ2v) is 10.2. The third-order valence-corrected chi connectivity index (χ3v) is 7.14. The molecule has 2 N–H and O–H groups in total. The third-order valence-electron chi connectivity index (χ3n) is 2.16. The molecule has 6 nitrogen and oxygen atoms in total. The number of halogens is 1. The number of rotatable bonds is 8. The molecule has 0 atom stereocenters. The fraction of sp³-hybridized carbons (Fsp3) is 0.556. The highest BCUT2D eigenvalue weighted by Crippen LogP contribution is 2.25. The molecule has 1 aromatic heterocycles. The molecule has 10 heteroatoms. The van der Waals surface area contributed by atoms with E-state index in [-0.39, 0.29) is 23.1 Å². The molecule has 0 unspecified atom stereocenters. The normalized spacial score (nSPS) is 12.7. The molecule has 0 saturated carbocycles. The van der Waals surface area contributed by atoms with Crippen molar-refractivity contribution in [2.24, 2.45) is 0 Å². The van der Waals surface area contributed by atoms with Crippen LogP contribution < -0.4 is 9.44 Å². The summed E-state index contributed by atoms with van der Waals surface area (Å²) < 4.78 is 51.6. The van der Waals surface area contributed by atoms with E-state index in [1.807, 2.05) is 0 Å². The summed E-state index contributed by atoms with van der Waals surface area (Å²) in [6, 6.07) is 3.17. The molecule has 0 spiro atoms. The van der Waals surface area contributed by atoms with Crippen molar-refractivity contribution in [2.45, 2.75) is 17.6 Å². The highest BCUT2D eigenvalue weighted by atomic mass is 79.9. The first-order chi connectivity index (χ1) is 8.77.